The Morgan fingerprint density at radius 2 is 1.89 bits per heavy atom. The van der Waals surface area contributed by atoms with Crippen LogP contribution in [0.25, 0.3) is 0 Å². The van der Waals surface area contributed by atoms with E-state index in [1.807, 2.05) is 30.3 Å². The third-order valence-electron chi connectivity index (χ3n) is 2.89. The fourth-order valence-corrected chi connectivity index (χ4v) is 2.92. The van der Waals surface area contributed by atoms with Gasteiger partial charge in [-0.25, -0.2) is 0 Å². The molecule has 1 aromatic rings. The molecular formula is C15H17NS2. The van der Waals surface area contributed by atoms with E-state index in [0.717, 1.165) is 28.7 Å². The van der Waals surface area contributed by atoms with Gasteiger partial charge in [0.25, 0.3) is 0 Å². The van der Waals surface area contributed by atoms with Crippen LogP contribution in [0.1, 0.15) is 24.8 Å². The van der Waals surface area contributed by atoms with Crippen molar-refractivity contribution in [2.75, 3.05) is 18.8 Å². The highest BCUT2D eigenvalue weighted by molar-refractivity contribution is 8.23. The minimum absolute atomic E-state index is 0.782. The molecule has 0 aliphatic carbocycles. The van der Waals surface area contributed by atoms with Gasteiger partial charge in [-0.3, -0.25) is 0 Å². The third kappa shape index (κ3) is 4.36. The van der Waals surface area contributed by atoms with Gasteiger partial charge in [0.15, 0.2) is 0 Å². The number of rotatable bonds is 1. The molecule has 18 heavy (non-hydrogen) atoms. The Hall–Kier alpha value is -0.980. The van der Waals surface area contributed by atoms with Crippen molar-refractivity contribution in [3.05, 3.63) is 35.9 Å². The van der Waals surface area contributed by atoms with Gasteiger partial charge < -0.3 is 4.90 Å². The molecule has 0 aromatic heterocycles. The Balaban J connectivity index is 1.75. The van der Waals surface area contributed by atoms with Crippen LogP contribution < -0.4 is 0 Å². The van der Waals surface area contributed by atoms with E-state index in [1.165, 1.54) is 19.3 Å². The lowest BCUT2D eigenvalue weighted by molar-refractivity contribution is 0.352. The molecule has 0 bridgehead atoms. The molecule has 1 saturated heterocycles. The van der Waals surface area contributed by atoms with E-state index in [-0.39, 0.29) is 0 Å². The smallest absolute Gasteiger partial charge is 0.137 e. The quantitative estimate of drug-likeness (QED) is 0.570. The van der Waals surface area contributed by atoms with Gasteiger partial charge in [0.1, 0.15) is 4.32 Å². The Bertz CT molecular complexity index is 439. The normalized spacial score (nSPS) is 14.8. The lowest BCUT2D eigenvalue weighted by Crippen LogP contribution is -2.32. The highest BCUT2D eigenvalue weighted by atomic mass is 32.2. The van der Waals surface area contributed by atoms with Crippen molar-refractivity contribution in [1.82, 2.24) is 4.90 Å². The molecule has 0 unspecified atom stereocenters. The van der Waals surface area contributed by atoms with Crippen LogP contribution in [0, 0.1) is 11.8 Å². The second kappa shape index (κ2) is 7.45. The Labute approximate surface area is 119 Å². The van der Waals surface area contributed by atoms with Gasteiger partial charge in [-0.05, 0) is 31.4 Å². The van der Waals surface area contributed by atoms with Crippen LogP contribution in [0.2, 0.25) is 0 Å². The topological polar surface area (TPSA) is 3.24 Å². The van der Waals surface area contributed by atoms with Crippen molar-refractivity contribution in [3.63, 3.8) is 0 Å². The Morgan fingerprint density at radius 3 is 2.61 bits per heavy atom. The standard InChI is InChI=1S/C15H17NS2/c17-15(16-11-5-2-6-12-16)18-13-7-10-14-8-3-1-4-9-14/h1,3-4,8-9H,2,5-6,11-13H2. The second-order valence-electron chi connectivity index (χ2n) is 4.27. The molecule has 0 spiro atoms. The number of hydrogen-bond donors (Lipinski definition) is 0. The van der Waals surface area contributed by atoms with E-state index in [4.69, 9.17) is 12.2 Å². The second-order valence-corrected chi connectivity index (χ2v) is 5.88. The van der Waals surface area contributed by atoms with Gasteiger partial charge in [-0.2, -0.15) is 0 Å². The Kier molecular flexibility index (Phi) is 5.57. The zero-order valence-corrected chi connectivity index (χ0v) is 12.0. The van der Waals surface area contributed by atoms with E-state index in [2.05, 4.69) is 16.7 Å². The zero-order valence-electron chi connectivity index (χ0n) is 10.4. The minimum Gasteiger partial charge on any atom is -0.357 e. The molecule has 0 N–H and O–H groups in total. The highest BCUT2D eigenvalue weighted by Crippen LogP contribution is 2.15. The van der Waals surface area contributed by atoms with Gasteiger partial charge >= 0.3 is 0 Å². The summed E-state index contributed by atoms with van der Waals surface area (Å²) in [6, 6.07) is 10.1. The first-order valence-electron chi connectivity index (χ1n) is 6.32. The molecule has 1 nitrogen and oxygen atoms in total. The van der Waals surface area contributed by atoms with Crippen LogP contribution in [-0.4, -0.2) is 28.1 Å². The van der Waals surface area contributed by atoms with Gasteiger partial charge in [-0.15, -0.1) is 0 Å². The van der Waals surface area contributed by atoms with Crippen molar-refractivity contribution in [1.29, 1.82) is 0 Å². The van der Waals surface area contributed by atoms with Crippen molar-refractivity contribution in [3.8, 4) is 11.8 Å². The summed E-state index contributed by atoms with van der Waals surface area (Å²) in [6.07, 6.45) is 3.89. The van der Waals surface area contributed by atoms with Crippen molar-refractivity contribution in [2.24, 2.45) is 0 Å². The molecule has 0 atom stereocenters. The molecule has 0 amide bonds. The number of hydrogen-bond acceptors (Lipinski definition) is 2. The molecule has 1 aromatic carbocycles. The molecule has 1 aliphatic rings. The van der Waals surface area contributed by atoms with Crippen molar-refractivity contribution >= 4 is 28.3 Å². The summed E-state index contributed by atoms with van der Waals surface area (Å²) in [7, 11) is 0. The maximum Gasteiger partial charge on any atom is 0.137 e. The van der Waals surface area contributed by atoms with Gasteiger partial charge in [0.05, 0.1) is 5.75 Å². The minimum atomic E-state index is 0.782. The number of nitrogens with zero attached hydrogens (tertiary/aromatic N) is 1. The third-order valence-corrected chi connectivity index (χ3v) is 4.29. The predicted octanol–water partition coefficient (Wildman–Crippen LogP) is 3.54. The summed E-state index contributed by atoms with van der Waals surface area (Å²) in [6.45, 7) is 2.25. The van der Waals surface area contributed by atoms with Gasteiger partial charge in [0, 0.05) is 18.7 Å². The number of piperidine rings is 1. The van der Waals surface area contributed by atoms with Crippen molar-refractivity contribution in [2.45, 2.75) is 19.3 Å². The molecule has 1 heterocycles. The lowest BCUT2D eigenvalue weighted by atomic mass is 10.1. The SMILES string of the molecule is S=C(SCC#Cc1ccccc1)N1CCCCC1. The number of likely N-dealkylation sites (tertiary alicyclic amines) is 1. The largest absolute Gasteiger partial charge is 0.357 e. The fraction of sp³-hybridized carbons (Fsp3) is 0.400. The summed E-state index contributed by atoms with van der Waals surface area (Å²) >= 11 is 7.11. The van der Waals surface area contributed by atoms with E-state index in [9.17, 15) is 0 Å². The molecule has 1 aliphatic heterocycles. The maximum atomic E-state index is 5.43. The molecule has 2 rings (SSSR count). The molecule has 94 valence electrons. The summed E-state index contributed by atoms with van der Waals surface area (Å²) in [5, 5.41) is 0. The average Bonchev–Trinajstić information content (AvgIpc) is 2.45. The monoisotopic (exact) mass is 275 g/mol. The predicted molar refractivity (Wildman–Crippen MR) is 83.8 cm³/mol. The number of thiocarbonyl (C=S) groups is 1. The first-order chi connectivity index (χ1) is 8.86. The van der Waals surface area contributed by atoms with E-state index in [0.29, 0.717) is 0 Å². The molecule has 0 radical (unpaired) electrons. The number of benzene rings is 1. The average molecular weight is 275 g/mol. The van der Waals surface area contributed by atoms with E-state index >= 15 is 0 Å². The maximum absolute atomic E-state index is 5.43. The summed E-state index contributed by atoms with van der Waals surface area (Å²) < 4.78 is 1.01. The molecule has 3 heteroatoms. The summed E-state index contributed by atoms with van der Waals surface area (Å²) in [4.78, 5) is 2.31. The highest BCUT2D eigenvalue weighted by Gasteiger charge is 2.12. The van der Waals surface area contributed by atoms with Crippen LogP contribution in [0.5, 0.6) is 0 Å². The summed E-state index contributed by atoms with van der Waals surface area (Å²) in [5.41, 5.74) is 1.07. The van der Waals surface area contributed by atoms with Crippen LogP contribution in [0.3, 0.4) is 0 Å². The van der Waals surface area contributed by atoms with Crippen molar-refractivity contribution < 1.29 is 0 Å². The molecular weight excluding hydrogens is 258 g/mol. The zero-order chi connectivity index (χ0) is 12.6. The Morgan fingerprint density at radius 1 is 1.17 bits per heavy atom. The molecule has 0 saturated carbocycles. The van der Waals surface area contributed by atoms with Gasteiger partial charge in [-0.1, -0.05) is 54.0 Å². The van der Waals surface area contributed by atoms with E-state index in [1.54, 1.807) is 11.8 Å². The van der Waals surface area contributed by atoms with Crippen LogP contribution >= 0.6 is 24.0 Å². The van der Waals surface area contributed by atoms with Gasteiger partial charge in [0.2, 0.25) is 0 Å². The van der Waals surface area contributed by atoms with Crippen LogP contribution in [0.4, 0.5) is 0 Å². The summed E-state index contributed by atoms with van der Waals surface area (Å²) in [5.74, 6) is 7.11. The lowest BCUT2D eigenvalue weighted by Gasteiger charge is -2.28. The first kappa shape index (κ1) is 13.5. The van der Waals surface area contributed by atoms with Crippen LogP contribution in [0.15, 0.2) is 30.3 Å². The molecule has 1 fully saturated rings. The fourth-order valence-electron chi connectivity index (χ4n) is 1.93. The first-order valence-corrected chi connectivity index (χ1v) is 7.71. The van der Waals surface area contributed by atoms with Crippen LogP contribution in [-0.2, 0) is 0 Å². The van der Waals surface area contributed by atoms with E-state index < -0.39 is 0 Å². The number of thioether (sulfide) groups is 1.